The van der Waals surface area contributed by atoms with E-state index in [1.807, 2.05) is 11.5 Å². The van der Waals surface area contributed by atoms with Crippen LogP contribution < -0.4 is 4.74 Å². The molecule has 0 radical (unpaired) electrons. The number of ether oxygens (including phenoxy) is 1. The van der Waals surface area contributed by atoms with Crippen molar-refractivity contribution in [2.75, 3.05) is 0 Å². The van der Waals surface area contributed by atoms with Crippen molar-refractivity contribution in [1.82, 2.24) is 9.55 Å². The van der Waals surface area contributed by atoms with Crippen LogP contribution in [0.1, 0.15) is 12.6 Å². The molecule has 1 aromatic carbocycles. The molecule has 0 unspecified atom stereocenters. The van der Waals surface area contributed by atoms with Crippen molar-refractivity contribution < 1.29 is 14.1 Å². The number of aromatic nitrogens is 2. The van der Waals surface area contributed by atoms with Crippen molar-refractivity contribution in [3.8, 4) is 5.75 Å². The van der Waals surface area contributed by atoms with Gasteiger partial charge in [-0.15, -0.1) is 0 Å². The fourth-order valence-electron chi connectivity index (χ4n) is 1.64. The van der Waals surface area contributed by atoms with Crippen molar-refractivity contribution in [1.29, 1.82) is 0 Å². The Morgan fingerprint density at radius 1 is 1.53 bits per heavy atom. The molecule has 1 aromatic heterocycles. The number of halogens is 1. The van der Waals surface area contributed by atoms with Crippen LogP contribution in [-0.4, -0.2) is 14.5 Å². The molecule has 0 spiro atoms. The Kier molecular flexibility index (Phi) is 3.74. The third-order valence-corrected chi connectivity index (χ3v) is 2.64. The molecule has 6 nitrogen and oxygen atoms in total. The van der Waals surface area contributed by atoms with E-state index < -0.39 is 16.4 Å². The Balaban J connectivity index is 2.08. The van der Waals surface area contributed by atoms with Gasteiger partial charge < -0.3 is 9.30 Å². The maximum absolute atomic E-state index is 13.4. The summed E-state index contributed by atoms with van der Waals surface area (Å²) in [5.74, 6) is -0.668. The lowest BCUT2D eigenvalue weighted by Crippen LogP contribution is -2.04. The van der Waals surface area contributed by atoms with Gasteiger partial charge in [-0.05, 0) is 13.0 Å². The number of nitrogens with zero attached hydrogens (tertiary/aromatic N) is 3. The predicted molar refractivity (Wildman–Crippen MR) is 65.3 cm³/mol. The van der Waals surface area contributed by atoms with Gasteiger partial charge in [0.05, 0.1) is 23.1 Å². The number of hydrogen-bond donors (Lipinski definition) is 0. The second-order valence-electron chi connectivity index (χ2n) is 3.83. The minimum absolute atomic E-state index is 0.227. The van der Waals surface area contributed by atoms with Crippen LogP contribution in [0.2, 0.25) is 0 Å². The normalized spacial score (nSPS) is 10.4. The number of imidazole rings is 1. The fourth-order valence-corrected chi connectivity index (χ4v) is 1.64. The van der Waals surface area contributed by atoms with Crippen LogP contribution in [-0.2, 0) is 13.2 Å². The first kappa shape index (κ1) is 13.0. The monoisotopic (exact) mass is 265 g/mol. The smallest absolute Gasteiger partial charge is 0.305 e. The average molecular weight is 265 g/mol. The molecule has 0 bridgehead atoms. The zero-order valence-electron chi connectivity index (χ0n) is 10.2. The van der Waals surface area contributed by atoms with Gasteiger partial charge in [0.25, 0.3) is 0 Å². The maximum atomic E-state index is 13.4. The van der Waals surface area contributed by atoms with E-state index in [0.29, 0.717) is 0 Å². The van der Waals surface area contributed by atoms with Crippen LogP contribution in [0.4, 0.5) is 10.1 Å². The van der Waals surface area contributed by atoms with Crippen molar-refractivity contribution in [2.45, 2.75) is 20.1 Å². The molecule has 0 amide bonds. The lowest BCUT2D eigenvalue weighted by Gasteiger charge is -2.08. The van der Waals surface area contributed by atoms with Gasteiger partial charge >= 0.3 is 5.69 Å². The molecule has 0 aliphatic heterocycles. The molecule has 2 aromatic rings. The van der Waals surface area contributed by atoms with Gasteiger partial charge in [-0.25, -0.2) is 4.98 Å². The summed E-state index contributed by atoms with van der Waals surface area (Å²) in [6.45, 7) is 2.95. The molecule has 19 heavy (non-hydrogen) atoms. The van der Waals surface area contributed by atoms with Gasteiger partial charge in [0, 0.05) is 18.7 Å². The summed E-state index contributed by atoms with van der Waals surface area (Å²) in [6, 6.07) is 3.46. The van der Waals surface area contributed by atoms with Gasteiger partial charge in [-0.1, -0.05) is 0 Å². The molecule has 0 fully saturated rings. The third-order valence-electron chi connectivity index (χ3n) is 2.64. The van der Waals surface area contributed by atoms with Crippen molar-refractivity contribution in [2.24, 2.45) is 0 Å². The molecule has 0 aliphatic carbocycles. The molecule has 2 rings (SSSR count). The van der Waals surface area contributed by atoms with E-state index in [2.05, 4.69) is 4.98 Å². The highest BCUT2D eigenvalue weighted by Gasteiger charge is 2.14. The van der Waals surface area contributed by atoms with Gasteiger partial charge in [-0.3, -0.25) is 10.1 Å². The second-order valence-corrected chi connectivity index (χ2v) is 3.83. The third kappa shape index (κ3) is 2.87. The SMILES string of the molecule is CCn1cncc1COc1ccc([N+](=O)[O-])c(F)c1. The highest BCUT2D eigenvalue weighted by atomic mass is 19.1. The lowest BCUT2D eigenvalue weighted by molar-refractivity contribution is -0.387. The largest absolute Gasteiger partial charge is 0.487 e. The summed E-state index contributed by atoms with van der Waals surface area (Å²) in [5, 5.41) is 10.5. The van der Waals surface area contributed by atoms with E-state index in [1.165, 1.54) is 6.07 Å². The zero-order valence-corrected chi connectivity index (χ0v) is 10.2. The topological polar surface area (TPSA) is 70.2 Å². The summed E-state index contributed by atoms with van der Waals surface area (Å²) in [5.41, 5.74) is 0.284. The first-order chi connectivity index (χ1) is 9.11. The Morgan fingerprint density at radius 3 is 2.95 bits per heavy atom. The van der Waals surface area contributed by atoms with Gasteiger partial charge in [-0.2, -0.15) is 4.39 Å². The summed E-state index contributed by atoms with van der Waals surface area (Å²) < 4.78 is 20.6. The number of nitro benzene ring substituents is 1. The first-order valence-corrected chi connectivity index (χ1v) is 5.67. The number of aryl methyl sites for hydroxylation is 1. The quantitative estimate of drug-likeness (QED) is 0.615. The van der Waals surface area contributed by atoms with Gasteiger partial charge in [0.1, 0.15) is 12.4 Å². The molecule has 0 atom stereocenters. The summed E-state index contributed by atoms with van der Waals surface area (Å²) >= 11 is 0. The number of hydrogen-bond acceptors (Lipinski definition) is 4. The average Bonchev–Trinajstić information content (AvgIpc) is 2.83. The molecule has 1 heterocycles. The highest BCUT2D eigenvalue weighted by Crippen LogP contribution is 2.22. The molecule has 0 saturated carbocycles. The number of rotatable bonds is 5. The van der Waals surface area contributed by atoms with Crippen molar-refractivity contribution in [3.05, 3.63) is 52.3 Å². The first-order valence-electron chi connectivity index (χ1n) is 5.67. The lowest BCUT2D eigenvalue weighted by atomic mass is 10.3. The zero-order chi connectivity index (χ0) is 13.8. The highest BCUT2D eigenvalue weighted by molar-refractivity contribution is 5.37. The Bertz CT molecular complexity index is 598. The van der Waals surface area contributed by atoms with Crippen molar-refractivity contribution >= 4 is 5.69 Å². The molecule has 100 valence electrons. The minimum Gasteiger partial charge on any atom is -0.487 e. The Labute approximate surface area is 108 Å². The molecule has 0 aliphatic rings. The standard InChI is InChI=1S/C12H12FN3O3/c1-2-15-8-14-6-9(15)7-19-10-3-4-12(16(17)18)11(13)5-10/h3-6,8H,2,7H2,1H3. The van der Waals surface area contributed by atoms with E-state index >= 15 is 0 Å². The van der Waals surface area contributed by atoms with E-state index in [0.717, 1.165) is 24.4 Å². The van der Waals surface area contributed by atoms with Crippen LogP contribution in [0.5, 0.6) is 5.75 Å². The van der Waals surface area contributed by atoms with Crippen molar-refractivity contribution in [3.63, 3.8) is 0 Å². The second kappa shape index (κ2) is 5.47. The Morgan fingerprint density at radius 2 is 2.32 bits per heavy atom. The van der Waals surface area contributed by atoms with Crippen LogP contribution in [0.3, 0.4) is 0 Å². The number of benzene rings is 1. The van der Waals surface area contributed by atoms with E-state index in [9.17, 15) is 14.5 Å². The number of nitro groups is 1. The molecular weight excluding hydrogens is 253 g/mol. The van der Waals surface area contributed by atoms with E-state index in [1.54, 1.807) is 12.5 Å². The molecule has 0 N–H and O–H groups in total. The maximum Gasteiger partial charge on any atom is 0.305 e. The van der Waals surface area contributed by atoms with Crippen LogP contribution in [0, 0.1) is 15.9 Å². The summed E-state index contributed by atoms with van der Waals surface area (Å²) in [4.78, 5) is 13.7. The molecule has 7 heteroatoms. The van der Waals surface area contributed by atoms with Crippen LogP contribution >= 0.6 is 0 Å². The minimum atomic E-state index is -0.911. The summed E-state index contributed by atoms with van der Waals surface area (Å²) in [7, 11) is 0. The Hall–Kier alpha value is -2.44. The van der Waals surface area contributed by atoms with E-state index in [-0.39, 0.29) is 12.4 Å². The molecular formula is C12H12FN3O3. The molecule has 0 saturated heterocycles. The fraction of sp³-hybridized carbons (Fsp3) is 0.250. The summed E-state index contributed by atoms with van der Waals surface area (Å²) in [6.07, 6.45) is 3.33. The van der Waals surface area contributed by atoms with Gasteiger partial charge in [0.2, 0.25) is 5.82 Å². The van der Waals surface area contributed by atoms with E-state index in [4.69, 9.17) is 4.74 Å². The van der Waals surface area contributed by atoms with Gasteiger partial charge in [0.15, 0.2) is 0 Å². The predicted octanol–water partition coefficient (Wildman–Crippen LogP) is 2.53. The van der Waals surface area contributed by atoms with Crippen LogP contribution in [0.25, 0.3) is 0 Å². The van der Waals surface area contributed by atoms with Crippen LogP contribution in [0.15, 0.2) is 30.7 Å².